The summed E-state index contributed by atoms with van der Waals surface area (Å²) in [5.74, 6) is 0.584. The Morgan fingerprint density at radius 2 is 1.96 bits per heavy atom. The van der Waals surface area contributed by atoms with Gasteiger partial charge in [-0.3, -0.25) is 9.89 Å². The summed E-state index contributed by atoms with van der Waals surface area (Å²) in [6.45, 7) is 8.32. The molecule has 0 atom stereocenters. The Balaban J connectivity index is 1.83. The van der Waals surface area contributed by atoms with Crippen molar-refractivity contribution in [1.82, 2.24) is 24.6 Å². The number of nitrogens with zero attached hydrogens (tertiary/aromatic N) is 3. The van der Waals surface area contributed by atoms with E-state index in [1.807, 2.05) is 62.6 Å². The van der Waals surface area contributed by atoms with Crippen LogP contribution in [0.5, 0.6) is 0 Å². The summed E-state index contributed by atoms with van der Waals surface area (Å²) in [6, 6.07) is 10.1. The predicted octanol–water partition coefficient (Wildman–Crippen LogP) is 4.62. The summed E-state index contributed by atoms with van der Waals surface area (Å²) in [5, 5.41) is 9.97. The van der Waals surface area contributed by atoms with E-state index in [-0.39, 0.29) is 11.9 Å². The zero-order chi connectivity index (χ0) is 19.7. The number of carbonyl (C=O) groups excluding carboxylic acids is 1. The van der Waals surface area contributed by atoms with Gasteiger partial charge in [0.15, 0.2) is 10.6 Å². The average Bonchev–Trinajstić information content (AvgIpc) is 3.13. The number of hydrogen-bond acceptors (Lipinski definition) is 3. The molecule has 142 valence electrons. The van der Waals surface area contributed by atoms with Crippen molar-refractivity contribution in [2.24, 2.45) is 0 Å². The molecule has 0 unspecified atom stereocenters. The highest BCUT2D eigenvalue weighted by atomic mass is 79.9. The summed E-state index contributed by atoms with van der Waals surface area (Å²) in [7, 11) is 0. The fourth-order valence-corrected chi connectivity index (χ4v) is 3.86. The number of H-pyrrole nitrogens is 1. The van der Waals surface area contributed by atoms with Gasteiger partial charge in [-0.05, 0) is 70.2 Å². The molecule has 2 aromatic heterocycles. The number of aromatic nitrogens is 4. The Kier molecular flexibility index (Phi) is 5.67. The van der Waals surface area contributed by atoms with Crippen molar-refractivity contribution in [3.05, 3.63) is 62.4 Å². The smallest absolute Gasteiger partial charge is 0.253 e. The lowest BCUT2D eigenvalue weighted by molar-refractivity contribution is 0.0948. The Morgan fingerprint density at radius 1 is 1.30 bits per heavy atom. The number of nitrogens with one attached hydrogen (secondary N) is 2. The molecule has 0 aliphatic heterocycles. The minimum atomic E-state index is -0.129. The molecule has 3 aromatic rings. The molecule has 0 aliphatic rings. The van der Waals surface area contributed by atoms with E-state index in [9.17, 15) is 4.79 Å². The van der Waals surface area contributed by atoms with Crippen molar-refractivity contribution in [1.29, 1.82) is 0 Å². The molecule has 0 saturated heterocycles. The Bertz CT molecular complexity index is 1030. The van der Waals surface area contributed by atoms with Crippen LogP contribution in [0, 0.1) is 18.6 Å². The number of aromatic amines is 1. The maximum atomic E-state index is 12.8. The van der Waals surface area contributed by atoms with Gasteiger partial charge in [0.25, 0.3) is 5.91 Å². The molecule has 1 amide bonds. The van der Waals surface area contributed by atoms with E-state index in [2.05, 4.69) is 36.0 Å². The molecule has 3 rings (SSSR count). The maximum absolute atomic E-state index is 12.8. The van der Waals surface area contributed by atoms with E-state index in [1.165, 1.54) is 0 Å². The number of carbonyl (C=O) groups is 1. The second-order valence-electron chi connectivity index (χ2n) is 6.69. The molecule has 0 fully saturated rings. The molecule has 2 heterocycles. The van der Waals surface area contributed by atoms with Crippen LogP contribution in [-0.4, -0.2) is 25.2 Å². The van der Waals surface area contributed by atoms with E-state index in [0.29, 0.717) is 22.7 Å². The third-order valence-electron chi connectivity index (χ3n) is 4.46. The average molecular weight is 448 g/mol. The van der Waals surface area contributed by atoms with E-state index >= 15 is 0 Å². The van der Waals surface area contributed by atoms with E-state index < -0.39 is 0 Å². The number of halogens is 1. The van der Waals surface area contributed by atoms with Gasteiger partial charge in [0.2, 0.25) is 0 Å². The normalized spacial score (nSPS) is 11.2. The molecular formula is C19H22BrN5OS. The van der Waals surface area contributed by atoms with Gasteiger partial charge in [-0.25, -0.2) is 0 Å². The lowest BCUT2D eigenvalue weighted by Gasteiger charge is -2.12. The first kappa shape index (κ1) is 19.6. The van der Waals surface area contributed by atoms with Crippen molar-refractivity contribution >= 4 is 34.1 Å². The van der Waals surface area contributed by atoms with Gasteiger partial charge < -0.3 is 14.5 Å². The third kappa shape index (κ3) is 3.91. The monoisotopic (exact) mass is 447 g/mol. The van der Waals surface area contributed by atoms with E-state index in [1.54, 1.807) is 0 Å². The second kappa shape index (κ2) is 7.82. The molecule has 0 saturated carbocycles. The number of benzene rings is 1. The Labute approximate surface area is 171 Å². The first-order valence-corrected chi connectivity index (χ1v) is 9.88. The van der Waals surface area contributed by atoms with Crippen LogP contribution < -0.4 is 5.32 Å². The summed E-state index contributed by atoms with van der Waals surface area (Å²) < 4.78 is 5.56. The molecule has 1 aromatic carbocycles. The standard InChI is InChI=1S/C19H22BrN5OS/c1-11(2)24-17(22-23-19(24)27)10-21-18(26)16-9-12(3)25(13(16)4)15-7-5-14(20)6-8-15/h5-9,11H,10H2,1-4H3,(H,21,26)(H,23,27). The zero-order valence-corrected chi connectivity index (χ0v) is 18.1. The van der Waals surface area contributed by atoms with Crippen molar-refractivity contribution in [2.75, 3.05) is 0 Å². The highest BCUT2D eigenvalue weighted by Crippen LogP contribution is 2.22. The van der Waals surface area contributed by atoms with Crippen LogP contribution >= 0.6 is 28.1 Å². The van der Waals surface area contributed by atoms with Crippen molar-refractivity contribution < 1.29 is 4.79 Å². The van der Waals surface area contributed by atoms with Gasteiger partial charge in [0.05, 0.1) is 12.1 Å². The third-order valence-corrected chi connectivity index (χ3v) is 5.28. The summed E-state index contributed by atoms with van der Waals surface area (Å²) >= 11 is 8.70. The molecular weight excluding hydrogens is 426 g/mol. The Hall–Kier alpha value is -2.19. The quantitative estimate of drug-likeness (QED) is 0.560. The molecule has 0 aliphatic carbocycles. The van der Waals surface area contributed by atoms with Crippen molar-refractivity contribution in [2.45, 2.75) is 40.3 Å². The summed E-state index contributed by atoms with van der Waals surface area (Å²) in [4.78, 5) is 12.8. The van der Waals surface area contributed by atoms with Crippen LogP contribution in [0.4, 0.5) is 0 Å². The molecule has 2 N–H and O–H groups in total. The lowest BCUT2D eigenvalue weighted by atomic mass is 10.2. The second-order valence-corrected chi connectivity index (χ2v) is 7.99. The molecule has 6 nitrogen and oxygen atoms in total. The summed E-state index contributed by atoms with van der Waals surface area (Å²) in [6.07, 6.45) is 0. The van der Waals surface area contributed by atoms with Crippen LogP contribution in [0.2, 0.25) is 0 Å². The number of rotatable bonds is 5. The van der Waals surface area contributed by atoms with Gasteiger partial charge in [0.1, 0.15) is 0 Å². The maximum Gasteiger partial charge on any atom is 0.253 e. The fraction of sp³-hybridized carbons (Fsp3) is 0.316. The molecule has 0 spiro atoms. The van der Waals surface area contributed by atoms with Crippen LogP contribution in [0.25, 0.3) is 5.69 Å². The summed E-state index contributed by atoms with van der Waals surface area (Å²) in [5.41, 5.74) is 3.58. The number of amides is 1. The first-order valence-electron chi connectivity index (χ1n) is 8.68. The van der Waals surface area contributed by atoms with Gasteiger partial charge >= 0.3 is 0 Å². The van der Waals surface area contributed by atoms with Gasteiger partial charge in [-0.15, -0.1) is 0 Å². The minimum Gasteiger partial charge on any atom is -0.345 e. The van der Waals surface area contributed by atoms with Gasteiger partial charge in [-0.2, -0.15) is 5.10 Å². The number of aryl methyl sites for hydroxylation is 1. The van der Waals surface area contributed by atoms with Crippen molar-refractivity contribution in [3.63, 3.8) is 0 Å². The highest BCUT2D eigenvalue weighted by molar-refractivity contribution is 9.10. The largest absolute Gasteiger partial charge is 0.345 e. The number of hydrogen-bond donors (Lipinski definition) is 2. The predicted molar refractivity (Wildman–Crippen MR) is 112 cm³/mol. The highest BCUT2D eigenvalue weighted by Gasteiger charge is 2.18. The van der Waals surface area contributed by atoms with Gasteiger partial charge in [0, 0.05) is 27.6 Å². The van der Waals surface area contributed by atoms with Crippen molar-refractivity contribution in [3.8, 4) is 5.69 Å². The molecule has 0 radical (unpaired) electrons. The minimum absolute atomic E-state index is 0.129. The SMILES string of the molecule is Cc1cc(C(=O)NCc2n[nH]c(=S)n2C(C)C)c(C)n1-c1ccc(Br)cc1. The fourth-order valence-electron chi connectivity index (χ4n) is 3.23. The van der Waals surface area contributed by atoms with E-state index in [4.69, 9.17) is 12.2 Å². The first-order chi connectivity index (χ1) is 12.8. The van der Waals surface area contributed by atoms with Crippen LogP contribution in [0.15, 0.2) is 34.8 Å². The zero-order valence-electron chi connectivity index (χ0n) is 15.7. The lowest BCUT2D eigenvalue weighted by Crippen LogP contribution is -2.25. The van der Waals surface area contributed by atoms with Crippen LogP contribution in [-0.2, 0) is 6.54 Å². The van der Waals surface area contributed by atoms with Crippen LogP contribution in [0.1, 0.15) is 47.5 Å². The van der Waals surface area contributed by atoms with E-state index in [0.717, 1.165) is 21.5 Å². The topological polar surface area (TPSA) is 67.6 Å². The molecule has 27 heavy (non-hydrogen) atoms. The molecule has 8 heteroatoms. The van der Waals surface area contributed by atoms with Crippen LogP contribution in [0.3, 0.4) is 0 Å². The Morgan fingerprint density at radius 3 is 2.59 bits per heavy atom. The molecule has 0 bridgehead atoms. The van der Waals surface area contributed by atoms with Gasteiger partial charge in [-0.1, -0.05) is 15.9 Å².